The van der Waals surface area contributed by atoms with Crippen molar-refractivity contribution in [3.63, 3.8) is 0 Å². The van der Waals surface area contributed by atoms with Crippen molar-refractivity contribution in [3.05, 3.63) is 10.8 Å². The lowest BCUT2D eigenvalue weighted by Gasteiger charge is -1.88. The van der Waals surface area contributed by atoms with Crippen LogP contribution in [0.2, 0.25) is 0 Å². The molecule has 1 nitrogen and oxygen atoms in total. The van der Waals surface area contributed by atoms with Gasteiger partial charge in [0.1, 0.15) is 4.32 Å². The molecule has 0 radical (unpaired) electrons. The van der Waals surface area contributed by atoms with Gasteiger partial charge >= 0.3 is 0 Å². The van der Waals surface area contributed by atoms with E-state index in [1.165, 1.54) is 0 Å². The molecule has 0 saturated heterocycles. The fourth-order valence-corrected chi connectivity index (χ4v) is 2.52. The second-order valence-corrected chi connectivity index (χ2v) is 4.71. The summed E-state index contributed by atoms with van der Waals surface area (Å²) in [7, 11) is 0.235. The predicted octanol–water partition coefficient (Wildman–Crippen LogP) is 2.51. The summed E-state index contributed by atoms with van der Waals surface area (Å²) in [6.45, 7) is 0. The van der Waals surface area contributed by atoms with E-state index >= 15 is 0 Å². The van der Waals surface area contributed by atoms with Gasteiger partial charge in [-0.15, -0.1) is 23.5 Å². The van der Waals surface area contributed by atoms with E-state index in [4.69, 9.17) is 0 Å². The van der Waals surface area contributed by atoms with Gasteiger partial charge < -0.3 is 0 Å². The Hall–Kier alpha value is 0.540. The monoisotopic (exact) mass is 150 g/mol. The first-order valence-electron chi connectivity index (χ1n) is 1.72. The van der Waals surface area contributed by atoms with Crippen LogP contribution < -0.4 is 0 Å². The first-order valence-corrected chi connectivity index (χ1v) is 4.48. The molecular weight excluding hydrogens is 147 g/mol. The van der Waals surface area contributed by atoms with Gasteiger partial charge in [-0.05, 0) is 10.8 Å². The van der Waals surface area contributed by atoms with Crippen molar-refractivity contribution in [2.75, 3.05) is 0 Å². The van der Waals surface area contributed by atoms with Crippen molar-refractivity contribution >= 4 is 32.0 Å². The van der Waals surface area contributed by atoms with Crippen LogP contribution in [0.4, 0.5) is 0 Å². The molecule has 0 atom stereocenters. The highest BCUT2D eigenvalue weighted by Gasteiger charge is 2.09. The van der Waals surface area contributed by atoms with Crippen LogP contribution in [-0.2, 0) is 4.57 Å². The minimum Gasteiger partial charge on any atom is -0.273 e. The van der Waals surface area contributed by atoms with Crippen molar-refractivity contribution in [2.45, 2.75) is 4.32 Å². The van der Waals surface area contributed by atoms with Crippen LogP contribution >= 0.6 is 32.0 Å². The predicted molar refractivity (Wildman–Crippen MR) is 35.7 cm³/mol. The van der Waals surface area contributed by atoms with Gasteiger partial charge in [0.15, 0.2) is 8.46 Å². The molecule has 0 saturated carbocycles. The fourth-order valence-electron chi connectivity index (χ4n) is 0.280. The lowest BCUT2D eigenvalue weighted by atomic mass is 11.3. The zero-order valence-corrected chi connectivity index (χ0v) is 5.93. The quantitative estimate of drug-likeness (QED) is 0.534. The Balaban J connectivity index is 2.35. The van der Waals surface area contributed by atoms with E-state index in [1.807, 2.05) is 10.8 Å². The number of hydrogen-bond acceptors (Lipinski definition) is 3. The zero-order valence-electron chi connectivity index (χ0n) is 3.40. The molecule has 1 aliphatic heterocycles. The average molecular weight is 150 g/mol. The highest BCUT2D eigenvalue weighted by molar-refractivity contribution is 8.26. The summed E-state index contributed by atoms with van der Waals surface area (Å²) >= 11 is 3.20. The van der Waals surface area contributed by atoms with Gasteiger partial charge in [0.2, 0.25) is 0 Å². The maximum Gasteiger partial charge on any atom is 0.181 e. The Morgan fingerprint density at radius 3 is 2.29 bits per heavy atom. The summed E-state index contributed by atoms with van der Waals surface area (Å²) in [6, 6.07) is 0. The molecule has 0 bridgehead atoms. The Morgan fingerprint density at radius 1 is 1.43 bits per heavy atom. The third-order valence-corrected chi connectivity index (χ3v) is 3.84. The minimum atomic E-state index is 0.235. The molecule has 7 heavy (non-hydrogen) atoms. The summed E-state index contributed by atoms with van der Waals surface area (Å²) in [4.78, 5) is 0. The largest absolute Gasteiger partial charge is 0.273 e. The van der Waals surface area contributed by atoms with Gasteiger partial charge in [0.25, 0.3) is 0 Å². The maximum atomic E-state index is 10.0. The molecule has 0 aromatic carbocycles. The Morgan fingerprint density at radius 2 is 2.00 bits per heavy atom. The molecule has 0 aliphatic carbocycles. The first-order chi connectivity index (χ1) is 3.43. The van der Waals surface area contributed by atoms with Crippen LogP contribution in [0, 0.1) is 0 Å². The lowest BCUT2D eigenvalue weighted by molar-refractivity contribution is 0.600. The highest BCUT2D eigenvalue weighted by Crippen LogP contribution is 2.39. The Labute approximate surface area is 52.1 Å². The third kappa shape index (κ3) is 1.48. The number of hydrogen-bond donors (Lipinski definition) is 0. The van der Waals surface area contributed by atoms with Crippen molar-refractivity contribution < 1.29 is 4.57 Å². The SMILES string of the molecule is O=PC1SC=CS1. The maximum absolute atomic E-state index is 10.0. The molecule has 4 heteroatoms. The molecule has 0 fully saturated rings. The molecule has 0 N–H and O–H groups in total. The van der Waals surface area contributed by atoms with Crippen LogP contribution in [0.1, 0.15) is 0 Å². The van der Waals surface area contributed by atoms with E-state index in [1.54, 1.807) is 23.5 Å². The lowest BCUT2D eigenvalue weighted by Crippen LogP contribution is -1.68. The van der Waals surface area contributed by atoms with Gasteiger partial charge in [0.05, 0.1) is 0 Å². The summed E-state index contributed by atoms with van der Waals surface area (Å²) in [5.74, 6) is 0. The van der Waals surface area contributed by atoms with E-state index in [0.29, 0.717) is 0 Å². The molecule has 0 spiro atoms. The van der Waals surface area contributed by atoms with Gasteiger partial charge in [-0.3, -0.25) is 4.57 Å². The standard InChI is InChI=1S/C3H3OPS2/c4-5-3-6-1-2-7-3/h1-3H. The molecule has 1 heterocycles. The Bertz CT molecular complexity index is 95.1. The molecule has 1 aliphatic rings. The second kappa shape index (κ2) is 2.75. The molecule has 0 aromatic heterocycles. The molecule has 0 unspecified atom stereocenters. The topological polar surface area (TPSA) is 17.1 Å². The third-order valence-electron chi connectivity index (χ3n) is 0.532. The van der Waals surface area contributed by atoms with E-state index in [9.17, 15) is 4.57 Å². The van der Waals surface area contributed by atoms with E-state index < -0.39 is 0 Å². The summed E-state index contributed by atoms with van der Waals surface area (Å²) in [6.07, 6.45) is 0. The Kier molecular flexibility index (Phi) is 2.23. The molecule has 1 rings (SSSR count). The van der Waals surface area contributed by atoms with E-state index in [0.717, 1.165) is 0 Å². The smallest absolute Gasteiger partial charge is 0.181 e. The van der Waals surface area contributed by atoms with Gasteiger partial charge in [-0.25, -0.2) is 0 Å². The average Bonchev–Trinajstić information content (AvgIpc) is 2.14. The van der Waals surface area contributed by atoms with Crippen LogP contribution in [0.15, 0.2) is 10.8 Å². The number of thioether (sulfide) groups is 2. The van der Waals surface area contributed by atoms with Crippen molar-refractivity contribution in [3.8, 4) is 0 Å². The fraction of sp³-hybridized carbons (Fsp3) is 0.333. The molecule has 38 valence electrons. The molecular formula is C3H3OPS2. The van der Waals surface area contributed by atoms with Gasteiger partial charge in [-0.2, -0.15) is 0 Å². The molecule has 0 aromatic rings. The van der Waals surface area contributed by atoms with Gasteiger partial charge in [0, 0.05) is 0 Å². The van der Waals surface area contributed by atoms with Crippen LogP contribution in [0.5, 0.6) is 0 Å². The van der Waals surface area contributed by atoms with Crippen LogP contribution in [0.25, 0.3) is 0 Å². The first kappa shape index (κ1) is 5.67. The molecule has 0 amide bonds. The minimum absolute atomic E-state index is 0.235. The van der Waals surface area contributed by atoms with Gasteiger partial charge in [-0.1, -0.05) is 0 Å². The highest BCUT2D eigenvalue weighted by atomic mass is 32.2. The summed E-state index contributed by atoms with van der Waals surface area (Å²) in [5.41, 5.74) is 0. The summed E-state index contributed by atoms with van der Waals surface area (Å²) < 4.78 is 10.3. The van der Waals surface area contributed by atoms with Crippen LogP contribution in [-0.4, -0.2) is 4.32 Å². The van der Waals surface area contributed by atoms with E-state index in [-0.39, 0.29) is 12.8 Å². The second-order valence-electron chi connectivity index (χ2n) is 0.957. The van der Waals surface area contributed by atoms with Crippen molar-refractivity contribution in [2.24, 2.45) is 0 Å². The number of rotatable bonds is 1. The van der Waals surface area contributed by atoms with Crippen molar-refractivity contribution in [1.82, 2.24) is 0 Å². The van der Waals surface area contributed by atoms with Crippen molar-refractivity contribution in [1.29, 1.82) is 0 Å². The summed E-state index contributed by atoms with van der Waals surface area (Å²) in [5, 5.41) is 3.92. The van der Waals surface area contributed by atoms with Crippen LogP contribution in [0.3, 0.4) is 0 Å². The van der Waals surface area contributed by atoms with E-state index in [2.05, 4.69) is 0 Å². The normalized spacial score (nSPS) is 21.7. The zero-order chi connectivity index (χ0) is 5.11.